The second-order valence-electron chi connectivity index (χ2n) is 7.39. The molecule has 1 aliphatic heterocycles. The zero-order chi connectivity index (χ0) is 23.2. The number of hydrogen-bond donors (Lipinski definition) is 0. The maximum Gasteiger partial charge on any atom is 0.319 e. The first-order valence-corrected chi connectivity index (χ1v) is 10.5. The Hall–Kier alpha value is -4.00. The third-order valence-corrected chi connectivity index (χ3v) is 5.44. The van der Waals surface area contributed by atoms with Crippen LogP contribution in [0.2, 0.25) is 0 Å². The Morgan fingerprint density at radius 3 is 2.06 bits per heavy atom. The van der Waals surface area contributed by atoms with Gasteiger partial charge in [0, 0.05) is 12.1 Å². The number of hydrogen-bond acceptors (Lipinski definition) is 7. The third-order valence-electron chi connectivity index (χ3n) is 5.44. The van der Waals surface area contributed by atoms with Crippen LogP contribution in [0.5, 0.6) is 17.2 Å². The summed E-state index contributed by atoms with van der Waals surface area (Å²) in [7, 11) is 4.62. The molecular weight excluding hydrogens is 422 g/mol. The number of oxime groups is 1. The van der Waals surface area contributed by atoms with Crippen molar-refractivity contribution in [3.63, 3.8) is 0 Å². The lowest BCUT2D eigenvalue weighted by Crippen LogP contribution is -2.29. The molecule has 0 aliphatic carbocycles. The van der Waals surface area contributed by atoms with E-state index in [1.807, 2.05) is 60.7 Å². The molecule has 0 radical (unpaired) electrons. The van der Waals surface area contributed by atoms with Gasteiger partial charge in [0.25, 0.3) is 0 Å². The molecule has 2 atom stereocenters. The molecule has 0 spiro atoms. The van der Waals surface area contributed by atoms with E-state index < -0.39 is 18.0 Å². The Bertz CT molecular complexity index is 1110. The maximum atomic E-state index is 13.4. The van der Waals surface area contributed by atoms with Gasteiger partial charge in [-0.3, -0.25) is 4.79 Å². The van der Waals surface area contributed by atoms with Crippen molar-refractivity contribution in [1.82, 2.24) is 0 Å². The molecule has 0 saturated carbocycles. The van der Waals surface area contributed by atoms with E-state index >= 15 is 0 Å². The van der Waals surface area contributed by atoms with Crippen LogP contribution >= 0.6 is 0 Å². The smallest absolute Gasteiger partial charge is 0.319 e. The number of nitrogens with zero attached hydrogens (tertiary/aromatic N) is 1. The van der Waals surface area contributed by atoms with Crippen molar-refractivity contribution in [1.29, 1.82) is 0 Å². The SMILES string of the molecule is COc1cc(OC)c(C2=NO[C@H](c3ccccc3)[C@H]2C(=O)OCc2ccccc2)c(OC)c1. The Kier molecular flexibility index (Phi) is 6.78. The summed E-state index contributed by atoms with van der Waals surface area (Å²) < 4.78 is 22.2. The van der Waals surface area contributed by atoms with Crippen LogP contribution in [-0.4, -0.2) is 33.0 Å². The van der Waals surface area contributed by atoms with Crippen LogP contribution in [-0.2, 0) is 21.0 Å². The number of methoxy groups -OCH3 is 3. The predicted octanol–water partition coefficient (Wildman–Crippen LogP) is 4.55. The summed E-state index contributed by atoms with van der Waals surface area (Å²) in [6.45, 7) is 0.141. The van der Waals surface area contributed by atoms with Gasteiger partial charge in [-0.05, 0) is 11.1 Å². The summed E-state index contributed by atoms with van der Waals surface area (Å²) in [5, 5.41) is 4.31. The lowest BCUT2D eigenvalue weighted by molar-refractivity contribution is -0.150. The van der Waals surface area contributed by atoms with Crippen molar-refractivity contribution in [2.45, 2.75) is 12.7 Å². The van der Waals surface area contributed by atoms with E-state index in [4.69, 9.17) is 23.8 Å². The molecule has 1 aliphatic rings. The summed E-state index contributed by atoms with van der Waals surface area (Å²) in [5.41, 5.74) is 2.59. The first-order valence-electron chi connectivity index (χ1n) is 10.5. The quantitative estimate of drug-likeness (QED) is 0.472. The van der Waals surface area contributed by atoms with Crippen LogP contribution in [0.1, 0.15) is 22.8 Å². The third kappa shape index (κ3) is 4.62. The highest BCUT2D eigenvalue weighted by molar-refractivity contribution is 6.15. The Morgan fingerprint density at radius 2 is 1.48 bits per heavy atom. The minimum Gasteiger partial charge on any atom is -0.496 e. The minimum absolute atomic E-state index is 0.141. The number of benzene rings is 3. The number of ether oxygens (including phenoxy) is 4. The molecule has 7 nitrogen and oxygen atoms in total. The van der Waals surface area contributed by atoms with Crippen LogP contribution in [0.3, 0.4) is 0 Å². The molecule has 4 rings (SSSR count). The second-order valence-corrected chi connectivity index (χ2v) is 7.39. The predicted molar refractivity (Wildman–Crippen MR) is 123 cm³/mol. The molecule has 170 valence electrons. The molecule has 33 heavy (non-hydrogen) atoms. The molecule has 7 heteroatoms. The van der Waals surface area contributed by atoms with Gasteiger partial charge in [-0.25, -0.2) is 0 Å². The molecule has 0 N–H and O–H groups in total. The zero-order valence-corrected chi connectivity index (χ0v) is 18.7. The summed E-state index contributed by atoms with van der Waals surface area (Å²) in [5.74, 6) is 0.164. The van der Waals surface area contributed by atoms with Crippen molar-refractivity contribution in [2.24, 2.45) is 11.1 Å². The van der Waals surface area contributed by atoms with Crippen LogP contribution in [0, 0.1) is 5.92 Å². The average Bonchev–Trinajstić information content (AvgIpc) is 3.32. The molecule has 0 bridgehead atoms. The lowest BCUT2D eigenvalue weighted by Gasteiger charge is -2.20. The largest absolute Gasteiger partial charge is 0.496 e. The molecular formula is C26H25NO6. The fraction of sp³-hybridized carbons (Fsp3) is 0.231. The molecule has 0 amide bonds. The van der Waals surface area contributed by atoms with E-state index in [0.717, 1.165) is 11.1 Å². The van der Waals surface area contributed by atoms with Gasteiger partial charge in [0.1, 0.15) is 35.5 Å². The van der Waals surface area contributed by atoms with Crippen molar-refractivity contribution < 1.29 is 28.6 Å². The molecule has 0 unspecified atom stereocenters. The van der Waals surface area contributed by atoms with Crippen molar-refractivity contribution in [3.05, 3.63) is 89.5 Å². The Labute approximate surface area is 192 Å². The van der Waals surface area contributed by atoms with Gasteiger partial charge in [-0.1, -0.05) is 65.8 Å². The van der Waals surface area contributed by atoms with Crippen molar-refractivity contribution in [3.8, 4) is 17.2 Å². The molecule has 1 heterocycles. The molecule has 0 saturated heterocycles. The monoisotopic (exact) mass is 447 g/mol. The van der Waals surface area contributed by atoms with Gasteiger partial charge in [0.05, 0.1) is 26.9 Å². The molecule has 0 fully saturated rings. The first-order chi connectivity index (χ1) is 16.2. The van der Waals surface area contributed by atoms with Gasteiger partial charge < -0.3 is 23.8 Å². The minimum atomic E-state index is -0.827. The van der Waals surface area contributed by atoms with E-state index in [1.165, 1.54) is 14.2 Å². The van der Waals surface area contributed by atoms with Crippen LogP contribution in [0.15, 0.2) is 78.0 Å². The van der Waals surface area contributed by atoms with E-state index in [1.54, 1.807) is 19.2 Å². The summed E-state index contributed by atoms with van der Waals surface area (Å²) in [6.07, 6.45) is -0.652. The average molecular weight is 447 g/mol. The standard InChI is InChI=1S/C26H25NO6/c1-29-19-14-20(30-2)22(21(15-19)31-3)24-23(25(33-27-24)18-12-8-5-9-13-18)26(28)32-16-17-10-6-4-7-11-17/h4-15,23,25H,16H2,1-3H3/t23-,25+/m0/s1. The summed E-state index contributed by atoms with van der Waals surface area (Å²) in [6, 6.07) is 22.4. The highest BCUT2D eigenvalue weighted by Gasteiger charge is 2.45. The summed E-state index contributed by atoms with van der Waals surface area (Å²) in [4.78, 5) is 19.2. The van der Waals surface area contributed by atoms with Gasteiger partial charge in [-0.2, -0.15) is 0 Å². The van der Waals surface area contributed by atoms with Crippen LogP contribution in [0.4, 0.5) is 0 Å². The zero-order valence-electron chi connectivity index (χ0n) is 18.7. The van der Waals surface area contributed by atoms with Crippen molar-refractivity contribution >= 4 is 11.7 Å². The first kappa shape index (κ1) is 22.2. The molecule has 3 aromatic rings. The van der Waals surface area contributed by atoms with Crippen LogP contribution < -0.4 is 14.2 Å². The summed E-state index contributed by atoms with van der Waals surface area (Å²) >= 11 is 0. The fourth-order valence-electron chi connectivity index (χ4n) is 3.78. The number of rotatable bonds is 8. The Morgan fingerprint density at radius 1 is 0.879 bits per heavy atom. The van der Waals surface area contributed by atoms with Crippen LogP contribution in [0.25, 0.3) is 0 Å². The van der Waals surface area contributed by atoms with E-state index in [2.05, 4.69) is 5.16 Å². The molecule has 0 aromatic heterocycles. The van der Waals surface area contributed by atoms with Crippen molar-refractivity contribution in [2.75, 3.05) is 21.3 Å². The van der Waals surface area contributed by atoms with Gasteiger partial charge in [0.15, 0.2) is 6.10 Å². The highest BCUT2D eigenvalue weighted by atomic mass is 16.6. The highest BCUT2D eigenvalue weighted by Crippen LogP contribution is 2.42. The molecule has 3 aromatic carbocycles. The second kappa shape index (κ2) is 10.1. The number of carbonyl (C=O) groups is 1. The number of carbonyl (C=O) groups excluding carboxylic acids is 1. The lowest BCUT2D eigenvalue weighted by atomic mass is 9.88. The van der Waals surface area contributed by atoms with Gasteiger partial charge in [-0.15, -0.1) is 0 Å². The Balaban J connectivity index is 1.73. The maximum absolute atomic E-state index is 13.4. The topological polar surface area (TPSA) is 75.6 Å². The normalized spacial score (nSPS) is 17.0. The van der Waals surface area contributed by atoms with Gasteiger partial charge in [0.2, 0.25) is 0 Å². The van der Waals surface area contributed by atoms with E-state index in [-0.39, 0.29) is 6.61 Å². The fourth-order valence-corrected chi connectivity index (χ4v) is 3.78. The number of esters is 1. The van der Waals surface area contributed by atoms with E-state index in [9.17, 15) is 4.79 Å². The van der Waals surface area contributed by atoms with Gasteiger partial charge >= 0.3 is 5.97 Å². The van der Waals surface area contributed by atoms with E-state index in [0.29, 0.717) is 28.5 Å².